The number of benzene rings is 3. The van der Waals surface area contributed by atoms with E-state index in [2.05, 4.69) is 43.9 Å². The first kappa shape index (κ1) is 24.2. The van der Waals surface area contributed by atoms with Crippen LogP contribution in [0.3, 0.4) is 0 Å². The van der Waals surface area contributed by atoms with E-state index in [1.807, 2.05) is 61.5 Å². The van der Waals surface area contributed by atoms with Gasteiger partial charge in [0.15, 0.2) is 17.3 Å². The molecule has 0 fully saturated rings. The Morgan fingerprint density at radius 2 is 1.79 bits per heavy atom. The van der Waals surface area contributed by atoms with Gasteiger partial charge in [-0.1, -0.05) is 49.4 Å². The van der Waals surface area contributed by atoms with Crippen molar-refractivity contribution in [3.05, 3.63) is 85.5 Å². The summed E-state index contributed by atoms with van der Waals surface area (Å²) in [6.45, 7) is 4.06. The molecule has 6 nitrogen and oxygen atoms in total. The molecule has 1 atom stereocenters. The van der Waals surface area contributed by atoms with Gasteiger partial charge in [-0.3, -0.25) is 4.79 Å². The van der Waals surface area contributed by atoms with E-state index in [1.54, 1.807) is 19.4 Å². The lowest BCUT2D eigenvalue weighted by Crippen LogP contribution is -2.20. The fourth-order valence-electron chi connectivity index (χ4n) is 3.37. The highest BCUT2D eigenvalue weighted by molar-refractivity contribution is 9.13. The van der Waals surface area contributed by atoms with Crippen LogP contribution in [0.2, 0.25) is 0 Å². The molecule has 0 aliphatic carbocycles. The Balaban J connectivity index is 1.87. The highest BCUT2D eigenvalue weighted by atomic mass is 79.9. The van der Waals surface area contributed by atoms with Gasteiger partial charge < -0.3 is 9.47 Å². The third kappa shape index (κ3) is 4.79. The summed E-state index contributed by atoms with van der Waals surface area (Å²) in [5.74, 6) is 1.62. The summed E-state index contributed by atoms with van der Waals surface area (Å²) in [6, 6.07) is 18.6. The average molecular weight is 585 g/mol. The molecule has 0 amide bonds. The Morgan fingerprint density at radius 3 is 2.50 bits per heavy atom. The Hall–Kier alpha value is -2.97. The topological polar surface area (TPSA) is 65.7 Å². The highest BCUT2D eigenvalue weighted by Gasteiger charge is 2.19. The monoisotopic (exact) mass is 583 g/mol. The molecule has 4 rings (SSSR count). The second kappa shape index (κ2) is 10.5. The van der Waals surface area contributed by atoms with Gasteiger partial charge in [0.2, 0.25) is 0 Å². The molecule has 1 heterocycles. The summed E-state index contributed by atoms with van der Waals surface area (Å²) in [6.07, 6.45) is 2.48. The maximum absolute atomic E-state index is 13.4. The van der Waals surface area contributed by atoms with Crippen molar-refractivity contribution in [1.29, 1.82) is 0 Å². The SMILES string of the molecule is CC[C@@H](C)Oc1c(OC)cc(C=Nn2c(-c3ccccc3)nc3ccccc3c2=O)c(Br)c1Br. The number of hydrogen-bond donors (Lipinski definition) is 0. The Labute approximate surface area is 214 Å². The van der Waals surface area contributed by atoms with E-state index in [1.165, 1.54) is 4.68 Å². The number of para-hydroxylation sites is 1. The zero-order chi connectivity index (χ0) is 24.2. The van der Waals surface area contributed by atoms with Gasteiger partial charge in [-0.05, 0) is 63.4 Å². The van der Waals surface area contributed by atoms with Crippen molar-refractivity contribution in [1.82, 2.24) is 9.66 Å². The van der Waals surface area contributed by atoms with E-state index in [0.717, 1.165) is 16.5 Å². The van der Waals surface area contributed by atoms with Crippen LogP contribution < -0.4 is 15.0 Å². The summed E-state index contributed by atoms with van der Waals surface area (Å²) >= 11 is 7.24. The van der Waals surface area contributed by atoms with Crippen LogP contribution in [0, 0.1) is 0 Å². The van der Waals surface area contributed by atoms with Crippen LogP contribution in [-0.2, 0) is 0 Å². The predicted octanol–water partition coefficient (Wildman–Crippen LogP) is 6.66. The molecule has 0 spiro atoms. The van der Waals surface area contributed by atoms with Crippen molar-refractivity contribution < 1.29 is 9.47 Å². The molecule has 0 radical (unpaired) electrons. The predicted molar refractivity (Wildman–Crippen MR) is 143 cm³/mol. The van der Waals surface area contributed by atoms with Crippen LogP contribution in [-0.4, -0.2) is 29.1 Å². The zero-order valence-electron chi connectivity index (χ0n) is 19.0. The zero-order valence-corrected chi connectivity index (χ0v) is 22.1. The third-order valence-corrected chi connectivity index (χ3v) is 7.51. The maximum atomic E-state index is 13.4. The number of nitrogens with zero attached hydrogens (tertiary/aromatic N) is 3. The first-order chi connectivity index (χ1) is 16.4. The van der Waals surface area contributed by atoms with Gasteiger partial charge in [-0.25, -0.2) is 4.98 Å². The van der Waals surface area contributed by atoms with Crippen molar-refractivity contribution in [3.63, 3.8) is 0 Å². The largest absolute Gasteiger partial charge is 0.493 e. The number of hydrogen-bond acceptors (Lipinski definition) is 5. The van der Waals surface area contributed by atoms with Crippen molar-refractivity contribution in [2.45, 2.75) is 26.4 Å². The molecule has 0 saturated carbocycles. The molecule has 0 unspecified atom stereocenters. The number of aromatic nitrogens is 2. The van der Waals surface area contributed by atoms with E-state index in [0.29, 0.717) is 38.3 Å². The highest BCUT2D eigenvalue weighted by Crippen LogP contribution is 2.43. The van der Waals surface area contributed by atoms with Crippen molar-refractivity contribution in [2.24, 2.45) is 5.10 Å². The van der Waals surface area contributed by atoms with E-state index in [-0.39, 0.29) is 11.7 Å². The molecule has 0 N–H and O–H groups in total. The quantitative estimate of drug-likeness (QED) is 0.228. The summed E-state index contributed by atoms with van der Waals surface area (Å²) in [4.78, 5) is 18.1. The molecule has 1 aromatic heterocycles. The van der Waals surface area contributed by atoms with E-state index in [9.17, 15) is 4.79 Å². The third-order valence-electron chi connectivity index (χ3n) is 5.37. The van der Waals surface area contributed by atoms with Crippen LogP contribution in [0.15, 0.2) is 79.5 Å². The summed E-state index contributed by atoms with van der Waals surface area (Å²) in [7, 11) is 1.59. The number of ether oxygens (including phenoxy) is 2. The minimum atomic E-state index is -0.250. The average Bonchev–Trinajstić information content (AvgIpc) is 2.87. The minimum absolute atomic E-state index is 0.0206. The van der Waals surface area contributed by atoms with Gasteiger partial charge in [-0.15, -0.1) is 0 Å². The Morgan fingerprint density at radius 1 is 1.09 bits per heavy atom. The van der Waals surface area contributed by atoms with Gasteiger partial charge in [0, 0.05) is 15.6 Å². The lowest BCUT2D eigenvalue weighted by molar-refractivity contribution is 0.206. The number of methoxy groups -OCH3 is 1. The van der Waals surface area contributed by atoms with E-state index < -0.39 is 0 Å². The van der Waals surface area contributed by atoms with Gasteiger partial charge in [-0.2, -0.15) is 9.78 Å². The van der Waals surface area contributed by atoms with Gasteiger partial charge in [0.05, 0.1) is 34.8 Å². The Kier molecular flexibility index (Phi) is 7.48. The van der Waals surface area contributed by atoms with Crippen LogP contribution >= 0.6 is 31.9 Å². The summed E-state index contributed by atoms with van der Waals surface area (Å²) < 4.78 is 14.4. The van der Waals surface area contributed by atoms with Crippen LogP contribution in [0.25, 0.3) is 22.3 Å². The lowest BCUT2D eigenvalue weighted by atomic mass is 10.2. The molecule has 4 aromatic rings. The number of halogens is 2. The van der Waals surface area contributed by atoms with Crippen molar-refractivity contribution >= 4 is 49.0 Å². The molecular formula is C26H23Br2N3O3. The molecular weight excluding hydrogens is 562 g/mol. The van der Waals surface area contributed by atoms with Crippen molar-refractivity contribution in [3.8, 4) is 22.9 Å². The fourth-order valence-corrected chi connectivity index (χ4v) is 4.28. The van der Waals surface area contributed by atoms with Crippen LogP contribution in [0.5, 0.6) is 11.5 Å². The fraction of sp³-hybridized carbons (Fsp3) is 0.192. The normalized spacial score (nSPS) is 12.3. The number of fused-ring (bicyclic) bond motifs is 1. The molecule has 174 valence electrons. The molecule has 0 aliphatic heterocycles. The summed E-state index contributed by atoms with van der Waals surface area (Å²) in [5.41, 5.74) is 1.87. The van der Waals surface area contributed by atoms with Gasteiger partial charge in [0.1, 0.15) is 0 Å². The molecule has 0 bridgehead atoms. The second-order valence-electron chi connectivity index (χ2n) is 7.64. The summed E-state index contributed by atoms with van der Waals surface area (Å²) in [5, 5.41) is 5.05. The smallest absolute Gasteiger partial charge is 0.282 e. The van der Waals surface area contributed by atoms with Gasteiger partial charge >= 0.3 is 0 Å². The molecule has 0 saturated heterocycles. The lowest BCUT2D eigenvalue weighted by Gasteiger charge is -2.18. The van der Waals surface area contributed by atoms with Crippen LogP contribution in [0.1, 0.15) is 25.8 Å². The molecule has 3 aromatic carbocycles. The second-order valence-corrected chi connectivity index (χ2v) is 9.23. The van der Waals surface area contributed by atoms with E-state index >= 15 is 0 Å². The van der Waals surface area contributed by atoms with Gasteiger partial charge in [0.25, 0.3) is 5.56 Å². The first-order valence-corrected chi connectivity index (χ1v) is 12.4. The molecule has 34 heavy (non-hydrogen) atoms. The minimum Gasteiger partial charge on any atom is -0.493 e. The standard InChI is InChI=1S/C26H23Br2N3O3/c1-4-16(2)34-24-21(33-3)14-18(22(27)23(24)28)15-29-31-25(17-10-6-5-7-11-17)30-20-13-9-8-12-19(20)26(31)32/h5-16H,4H2,1-3H3/t16-/m1/s1. The maximum Gasteiger partial charge on any atom is 0.282 e. The van der Waals surface area contributed by atoms with Crippen molar-refractivity contribution in [2.75, 3.05) is 7.11 Å². The Bertz CT molecular complexity index is 1420. The first-order valence-electron chi connectivity index (χ1n) is 10.8. The van der Waals surface area contributed by atoms with Crippen LogP contribution in [0.4, 0.5) is 0 Å². The van der Waals surface area contributed by atoms with E-state index in [4.69, 9.17) is 14.5 Å². The number of rotatable bonds is 7. The molecule has 8 heteroatoms. The molecule has 0 aliphatic rings.